The van der Waals surface area contributed by atoms with Gasteiger partial charge in [0.15, 0.2) is 0 Å². The molecule has 0 aliphatic rings. The Morgan fingerprint density at radius 3 is 2.44 bits per heavy atom. The molecule has 18 heavy (non-hydrogen) atoms. The lowest BCUT2D eigenvalue weighted by Crippen LogP contribution is -2.08. The fourth-order valence-electron chi connectivity index (χ4n) is 1.59. The van der Waals surface area contributed by atoms with Crippen LogP contribution in [0.5, 0.6) is 0 Å². The maximum atomic E-state index is 12.9. The van der Waals surface area contributed by atoms with Crippen molar-refractivity contribution in [2.45, 2.75) is 13.1 Å². The molecule has 0 amide bonds. The van der Waals surface area contributed by atoms with Crippen LogP contribution in [0.3, 0.4) is 0 Å². The Balaban J connectivity index is 2.68. The summed E-state index contributed by atoms with van der Waals surface area (Å²) >= 11 is 1.09. The van der Waals surface area contributed by atoms with E-state index >= 15 is 0 Å². The molecule has 0 bridgehead atoms. The highest BCUT2D eigenvalue weighted by Crippen LogP contribution is 2.40. The van der Waals surface area contributed by atoms with Crippen molar-refractivity contribution in [3.63, 3.8) is 0 Å². The molecule has 0 fully saturated rings. The van der Waals surface area contributed by atoms with E-state index in [4.69, 9.17) is 5.73 Å². The highest BCUT2D eigenvalue weighted by molar-refractivity contribution is 7.16. The van der Waals surface area contributed by atoms with Gasteiger partial charge in [-0.05, 0) is 25.1 Å². The minimum atomic E-state index is -4.65. The van der Waals surface area contributed by atoms with Crippen LogP contribution >= 0.6 is 11.3 Å². The Bertz CT molecular complexity index is 589. The number of nitrogens with zero attached hydrogens (tertiary/aromatic N) is 1. The first-order valence-electron chi connectivity index (χ1n) is 4.89. The Labute approximate surface area is 104 Å². The molecule has 2 rings (SSSR count). The Morgan fingerprint density at radius 1 is 1.28 bits per heavy atom. The van der Waals surface area contributed by atoms with E-state index in [1.54, 1.807) is 6.92 Å². The molecule has 0 aliphatic heterocycles. The predicted molar refractivity (Wildman–Crippen MR) is 61.7 cm³/mol. The first-order chi connectivity index (χ1) is 8.29. The lowest BCUT2D eigenvalue weighted by molar-refractivity contribution is -0.137. The lowest BCUT2D eigenvalue weighted by atomic mass is 10.0. The molecule has 1 aromatic heterocycles. The van der Waals surface area contributed by atoms with Crippen molar-refractivity contribution in [3.05, 3.63) is 34.6 Å². The Hall–Kier alpha value is -1.63. The summed E-state index contributed by atoms with van der Waals surface area (Å²) < 4.78 is 51.4. The van der Waals surface area contributed by atoms with Gasteiger partial charge in [0.1, 0.15) is 16.5 Å². The second kappa shape index (κ2) is 4.24. The third-order valence-electron chi connectivity index (χ3n) is 2.30. The summed E-state index contributed by atoms with van der Waals surface area (Å²) in [5.41, 5.74) is 4.39. The number of nitrogens with two attached hydrogens (primary N) is 1. The average Bonchev–Trinajstić information content (AvgIpc) is 2.56. The van der Waals surface area contributed by atoms with Gasteiger partial charge in [0.25, 0.3) is 0 Å². The Morgan fingerprint density at radius 2 is 1.94 bits per heavy atom. The first-order valence-corrected chi connectivity index (χ1v) is 5.70. The van der Waals surface area contributed by atoms with E-state index in [0.29, 0.717) is 11.1 Å². The number of aromatic nitrogens is 1. The van der Waals surface area contributed by atoms with E-state index in [1.807, 2.05) is 0 Å². The third kappa shape index (κ3) is 2.31. The first kappa shape index (κ1) is 12.8. The van der Waals surface area contributed by atoms with Crippen molar-refractivity contribution in [1.29, 1.82) is 0 Å². The number of rotatable bonds is 1. The van der Waals surface area contributed by atoms with E-state index < -0.39 is 17.6 Å². The predicted octanol–water partition coefficient (Wildman–Crippen LogP) is 3.86. The van der Waals surface area contributed by atoms with Crippen molar-refractivity contribution in [2.75, 3.05) is 5.73 Å². The van der Waals surface area contributed by atoms with Crippen LogP contribution in [-0.2, 0) is 6.18 Å². The molecule has 7 heteroatoms. The minimum Gasteiger partial charge on any atom is -0.389 e. The zero-order chi connectivity index (χ0) is 13.5. The monoisotopic (exact) mass is 276 g/mol. The molecule has 0 aliphatic carbocycles. The van der Waals surface area contributed by atoms with Gasteiger partial charge in [-0.3, -0.25) is 0 Å². The van der Waals surface area contributed by atoms with Crippen molar-refractivity contribution in [1.82, 2.24) is 4.98 Å². The second-order valence-electron chi connectivity index (χ2n) is 3.63. The molecule has 1 aromatic carbocycles. The minimum absolute atomic E-state index is 0.0461. The quantitative estimate of drug-likeness (QED) is 0.803. The zero-order valence-electron chi connectivity index (χ0n) is 9.18. The van der Waals surface area contributed by atoms with E-state index in [2.05, 4.69) is 4.98 Å². The molecule has 2 N–H and O–H groups in total. The topological polar surface area (TPSA) is 38.9 Å². The number of alkyl halides is 3. The molecule has 0 radical (unpaired) electrons. The molecule has 0 unspecified atom stereocenters. The molecule has 0 saturated carbocycles. The van der Waals surface area contributed by atoms with Crippen LogP contribution in [0.25, 0.3) is 11.3 Å². The van der Waals surface area contributed by atoms with Gasteiger partial charge in [0.05, 0.1) is 10.6 Å². The number of nitrogen functional groups attached to an aromatic ring is 1. The smallest absolute Gasteiger partial charge is 0.389 e. The maximum absolute atomic E-state index is 12.9. The number of hydrogen-bond donors (Lipinski definition) is 1. The highest BCUT2D eigenvalue weighted by Gasteiger charge is 2.35. The van der Waals surface area contributed by atoms with Crippen molar-refractivity contribution in [3.8, 4) is 11.3 Å². The largest absolute Gasteiger partial charge is 0.417 e. The average molecular weight is 276 g/mol. The second-order valence-corrected chi connectivity index (χ2v) is 4.87. The summed E-state index contributed by atoms with van der Waals surface area (Å²) in [6.45, 7) is 1.64. The van der Waals surface area contributed by atoms with E-state index in [9.17, 15) is 17.6 Å². The highest BCUT2D eigenvalue weighted by atomic mass is 32.1. The molecule has 0 spiro atoms. The van der Waals surface area contributed by atoms with Gasteiger partial charge in [-0.1, -0.05) is 0 Å². The fraction of sp³-hybridized carbons (Fsp3) is 0.182. The molecular weight excluding hydrogens is 268 g/mol. The van der Waals surface area contributed by atoms with Gasteiger partial charge in [-0.25, -0.2) is 9.37 Å². The number of thiazole rings is 1. The fourth-order valence-corrected chi connectivity index (χ4v) is 2.30. The van der Waals surface area contributed by atoms with Crippen molar-refractivity contribution >= 4 is 16.3 Å². The van der Waals surface area contributed by atoms with Crippen molar-refractivity contribution in [2.24, 2.45) is 0 Å². The summed E-state index contributed by atoms with van der Waals surface area (Å²) in [4.78, 5) is 3.96. The van der Waals surface area contributed by atoms with Crippen molar-refractivity contribution < 1.29 is 17.6 Å². The zero-order valence-corrected chi connectivity index (χ0v) is 9.99. The van der Waals surface area contributed by atoms with E-state index in [-0.39, 0.29) is 16.3 Å². The third-order valence-corrected chi connectivity index (χ3v) is 3.10. The molecule has 0 atom stereocenters. The standard InChI is InChI=1S/C11H8F4N2S/c1-5-17-9(10(16)18-5)7-3-2-6(12)4-8(7)11(13,14)15/h2-4H,16H2,1H3. The van der Waals surface area contributed by atoms with Gasteiger partial charge in [0, 0.05) is 5.56 Å². The molecule has 0 saturated heterocycles. The van der Waals surface area contributed by atoms with Crippen LogP contribution in [0.1, 0.15) is 10.6 Å². The number of aryl methyl sites for hydroxylation is 1. The van der Waals surface area contributed by atoms with Gasteiger partial charge >= 0.3 is 6.18 Å². The molecule has 96 valence electrons. The van der Waals surface area contributed by atoms with Crippen LogP contribution in [0.4, 0.5) is 22.6 Å². The SMILES string of the molecule is Cc1nc(-c2ccc(F)cc2C(F)(F)F)c(N)s1. The molecule has 2 nitrogen and oxygen atoms in total. The van der Waals surface area contributed by atoms with Crippen LogP contribution in [0, 0.1) is 12.7 Å². The summed E-state index contributed by atoms with van der Waals surface area (Å²) in [5, 5.41) is 0.740. The molecule has 2 aromatic rings. The van der Waals surface area contributed by atoms with Crippen LogP contribution in [0.2, 0.25) is 0 Å². The van der Waals surface area contributed by atoms with Gasteiger partial charge in [-0.2, -0.15) is 13.2 Å². The molecular formula is C11H8F4N2S. The normalized spacial score (nSPS) is 11.8. The number of hydrogen-bond acceptors (Lipinski definition) is 3. The maximum Gasteiger partial charge on any atom is 0.417 e. The van der Waals surface area contributed by atoms with E-state index in [0.717, 1.165) is 23.5 Å². The van der Waals surface area contributed by atoms with Gasteiger partial charge < -0.3 is 5.73 Å². The summed E-state index contributed by atoms with van der Waals surface area (Å²) in [6, 6.07) is 2.45. The number of halogens is 4. The molecule has 1 heterocycles. The van der Waals surface area contributed by atoms with Gasteiger partial charge in [0.2, 0.25) is 0 Å². The van der Waals surface area contributed by atoms with Gasteiger partial charge in [-0.15, -0.1) is 11.3 Å². The lowest BCUT2D eigenvalue weighted by Gasteiger charge is -2.11. The Kier molecular flexibility index (Phi) is 3.02. The summed E-state index contributed by atoms with van der Waals surface area (Å²) in [5.74, 6) is -0.948. The van der Waals surface area contributed by atoms with Crippen LogP contribution in [-0.4, -0.2) is 4.98 Å². The van der Waals surface area contributed by atoms with E-state index in [1.165, 1.54) is 0 Å². The number of anilines is 1. The summed E-state index contributed by atoms with van der Waals surface area (Å²) in [7, 11) is 0. The van der Waals surface area contributed by atoms with Crippen LogP contribution in [0.15, 0.2) is 18.2 Å². The summed E-state index contributed by atoms with van der Waals surface area (Å²) in [6.07, 6.45) is -4.65. The van der Waals surface area contributed by atoms with Crippen LogP contribution < -0.4 is 5.73 Å². The number of benzene rings is 1.